The van der Waals surface area contributed by atoms with Crippen LogP contribution >= 0.6 is 39.9 Å². The minimum Gasteiger partial charge on any atom is -0.362 e. The lowest BCUT2D eigenvalue weighted by molar-refractivity contribution is 0.855. The minimum absolute atomic E-state index is 0.684. The highest BCUT2D eigenvalue weighted by Crippen LogP contribution is 2.13. The van der Waals surface area contributed by atoms with E-state index in [-0.39, 0.29) is 0 Å². The highest BCUT2D eigenvalue weighted by Gasteiger charge is 1.96. The number of nitrogens with one attached hydrogen (secondary N) is 2. The summed E-state index contributed by atoms with van der Waals surface area (Å²) in [5.74, 6) is 1.16. The van der Waals surface area contributed by atoms with Crippen molar-refractivity contribution in [1.82, 2.24) is 5.32 Å². The van der Waals surface area contributed by atoms with Crippen LogP contribution in [0.3, 0.4) is 0 Å². The van der Waals surface area contributed by atoms with Gasteiger partial charge in [-0.25, -0.2) is 0 Å². The maximum absolute atomic E-state index is 5.18. The second-order valence-electron chi connectivity index (χ2n) is 3.23. The Morgan fingerprint density at radius 1 is 1.38 bits per heavy atom. The van der Waals surface area contributed by atoms with Gasteiger partial charge in [0.15, 0.2) is 5.11 Å². The summed E-state index contributed by atoms with van der Waals surface area (Å²) in [5, 5.41) is 7.00. The van der Waals surface area contributed by atoms with Gasteiger partial charge in [0.2, 0.25) is 0 Å². The molecule has 0 spiro atoms. The highest BCUT2D eigenvalue weighted by molar-refractivity contribution is 9.10. The zero-order valence-corrected chi connectivity index (χ0v) is 12.3. The molecule has 1 rings (SSSR count). The Morgan fingerprint density at radius 3 is 2.69 bits per heavy atom. The molecule has 0 aliphatic carbocycles. The monoisotopic (exact) mass is 318 g/mol. The van der Waals surface area contributed by atoms with Gasteiger partial charge in [0.25, 0.3) is 0 Å². The van der Waals surface area contributed by atoms with E-state index in [2.05, 4.69) is 32.8 Å². The summed E-state index contributed by atoms with van der Waals surface area (Å²) in [5.41, 5.74) is 1.01. The second-order valence-corrected chi connectivity index (χ2v) is 5.54. The van der Waals surface area contributed by atoms with Crippen LogP contribution < -0.4 is 10.6 Å². The molecule has 0 bridgehead atoms. The number of hydrogen-bond donors (Lipinski definition) is 2. The zero-order chi connectivity index (χ0) is 11.8. The van der Waals surface area contributed by atoms with Crippen molar-refractivity contribution in [1.29, 1.82) is 0 Å². The van der Waals surface area contributed by atoms with Gasteiger partial charge < -0.3 is 10.6 Å². The molecular formula is C11H15BrN2S2. The molecule has 0 atom stereocenters. The topological polar surface area (TPSA) is 24.1 Å². The molecule has 88 valence electrons. The molecule has 0 saturated heterocycles. The number of hydrogen-bond acceptors (Lipinski definition) is 2. The van der Waals surface area contributed by atoms with Gasteiger partial charge in [-0.3, -0.25) is 0 Å². The number of anilines is 1. The van der Waals surface area contributed by atoms with E-state index >= 15 is 0 Å². The molecule has 0 fully saturated rings. The van der Waals surface area contributed by atoms with E-state index in [1.165, 1.54) is 0 Å². The summed E-state index contributed by atoms with van der Waals surface area (Å²) >= 11 is 10.4. The average Bonchev–Trinajstić information content (AvgIpc) is 2.28. The van der Waals surface area contributed by atoms with Gasteiger partial charge >= 0.3 is 0 Å². The van der Waals surface area contributed by atoms with Gasteiger partial charge in [0.1, 0.15) is 0 Å². The number of thiocarbonyl (C=S) groups is 1. The van der Waals surface area contributed by atoms with E-state index in [0.717, 1.165) is 28.9 Å². The van der Waals surface area contributed by atoms with E-state index in [1.54, 1.807) is 0 Å². The van der Waals surface area contributed by atoms with Crippen molar-refractivity contribution in [3.05, 3.63) is 28.7 Å². The number of benzene rings is 1. The quantitative estimate of drug-likeness (QED) is 0.641. The lowest BCUT2D eigenvalue weighted by atomic mass is 10.3. The Kier molecular flexibility index (Phi) is 6.84. The first-order valence-corrected chi connectivity index (χ1v) is 7.61. The van der Waals surface area contributed by atoms with E-state index < -0.39 is 0 Å². The van der Waals surface area contributed by atoms with Crippen molar-refractivity contribution in [3.63, 3.8) is 0 Å². The van der Waals surface area contributed by atoms with Gasteiger partial charge in [-0.1, -0.05) is 15.9 Å². The lowest BCUT2D eigenvalue weighted by Crippen LogP contribution is -2.29. The third-order valence-electron chi connectivity index (χ3n) is 1.91. The first-order valence-electron chi connectivity index (χ1n) is 5.01. The summed E-state index contributed by atoms with van der Waals surface area (Å²) in [6.45, 7) is 0.920. The van der Waals surface area contributed by atoms with Crippen LogP contribution in [0, 0.1) is 0 Å². The third kappa shape index (κ3) is 5.72. The van der Waals surface area contributed by atoms with Crippen LogP contribution in [0.1, 0.15) is 6.42 Å². The predicted molar refractivity (Wildman–Crippen MR) is 81.4 cm³/mol. The lowest BCUT2D eigenvalue weighted by Gasteiger charge is -2.10. The minimum atomic E-state index is 0.684. The average molecular weight is 319 g/mol. The van der Waals surface area contributed by atoms with E-state index in [0.29, 0.717) is 5.11 Å². The molecule has 0 aromatic heterocycles. The smallest absolute Gasteiger partial charge is 0.170 e. The summed E-state index contributed by atoms with van der Waals surface area (Å²) in [7, 11) is 0. The summed E-state index contributed by atoms with van der Waals surface area (Å²) in [4.78, 5) is 0. The van der Waals surface area contributed by atoms with Crippen LogP contribution in [-0.4, -0.2) is 23.7 Å². The van der Waals surface area contributed by atoms with Gasteiger partial charge in [-0.05, 0) is 54.9 Å². The molecule has 0 radical (unpaired) electrons. The predicted octanol–water partition coefficient (Wildman–Crippen LogP) is 3.49. The van der Waals surface area contributed by atoms with Gasteiger partial charge in [0.05, 0.1) is 0 Å². The van der Waals surface area contributed by atoms with Gasteiger partial charge in [-0.2, -0.15) is 11.8 Å². The SMILES string of the molecule is CSCCCNC(=S)Nc1ccc(Br)cc1. The molecule has 0 saturated carbocycles. The third-order valence-corrected chi connectivity index (χ3v) is 3.38. The fraction of sp³-hybridized carbons (Fsp3) is 0.364. The Balaban J connectivity index is 2.26. The molecule has 0 unspecified atom stereocenters. The molecule has 2 N–H and O–H groups in total. The molecule has 0 aliphatic rings. The second kappa shape index (κ2) is 7.92. The molecule has 0 aliphatic heterocycles. The first-order chi connectivity index (χ1) is 7.72. The summed E-state index contributed by atoms with van der Waals surface area (Å²) in [6.07, 6.45) is 3.24. The van der Waals surface area contributed by atoms with E-state index in [9.17, 15) is 0 Å². The van der Waals surface area contributed by atoms with Crippen LogP contribution in [0.25, 0.3) is 0 Å². The molecule has 0 heterocycles. The Morgan fingerprint density at radius 2 is 2.06 bits per heavy atom. The van der Waals surface area contributed by atoms with Crippen LogP contribution in [0.5, 0.6) is 0 Å². The van der Waals surface area contributed by atoms with Crippen LogP contribution in [0.15, 0.2) is 28.7 Å². The standard InChI is InChI=1S/C11H15BrN2S2/c1-16-8-2-7-13-11(15)14-10-5-3-9(12)4-6-10/h3-6H,2,7-8H2,1H3,(H2,13,14,15). The maximum Gasteiger partial charge on any atom is 0.170 e. The molecular weight excluding hydrogens is 304 g/mol. The fourth-order valence-corrected chi connectivity index (χ4v) is 2.04. The zero-order valence-electron chi connectivity index (χ0n) is 9.13. The fourth-order valence-electron chi connectivity index (χ4n) is 1.13. The van der Waals surface area contributed by atoms with Crippen molar-refractivity contribution in [2.75, 3.05) is 23.9 Å². The molecule has 2 nitrogen and oxygen atoms in total. The van der Waals surface area contributed by atoms with Crippen molar-refractivity contribution in [3.8, 4) is 0 Å². The molecule has 16 heavy (non-hydrogen) atoms. The largest absolute Gasteiger partial charge is 0.362 e. The number of rotatable bonds is 5. The Labute approximate surface area is 115 Å². The number of halogens is 1. The molecule has 0 amide bonds. The van der Waals surface area contributed by atoms with Crippen molar-refractivity contribution >= 4 is 50.7 Å². The number of thioether (sulfide) groups is 1. The molecule has 5 heteroatoms. The molecule has 1 aromatic rings. The Hall–Kier alpha value is -0.260. The van der Waals surface area contributed by atoms with E-state index in [1.807, 2.05) is 36.0 Å². The summed E-state index contributed by atoms with van der Waals surface area (Å²) in [6, 6.07) is 7.94. The molecule has 1 aromatic carbocycles. The van der Waals surface area contributed by atoms with Crippen LogP contribution in [0.4, 0.5) is 5.69 Å². The first kappa shape index (κ1) is 13.8. The van der Waals surface area contributed by atoms with E-state index in [4.69, 9.17) is 12.2 Å². The van der Waals surface area contributed by atoms with Crippen molar-refractivity contribution in [2.24, 2.45) is 0 Å². The van der Waals surface area contributed by atoms with Gasteiger partial charge in [0, 0.05) is 16.7 Å². The van der Waals surface area contributed by atoms with Crippen LogP contribution in [-0.2, 0) is 0 Å². The van der Waals surface area contributed by atoms with Crippen LogP contribution in [0.2, 0.25) is 0 Å². The highest BCUT2D eigenvalue weighted by atomic mass is 79.9. The Bertz CT molecular complexity index is 327. The summed E-state index contributed by atoms with van der Waals surface area (Å²) < 4.78 is 1.07. The van der Waals surface area contributed by atoms with Crippen molar-refractivity contribution in [2.45, 2.75) is 6.42 Å². The van der Waals surface area contributed by atoms with Crippen molar-refractivity contribution < 1.29 is 0 Å². The normalized spacial score (nSPS) is 9.88. The maximum atomic E-state index is 5.18. The van der Waals surface area contributed by atoms with Gasteiger partial charge in [-0.15, -0.1) is 0 Å².